The molecule has 2 aromatic heterocycles. The standard InChI is InChI=1S/C12H16BrN7O2/c1-6-5-19(12(21)22)3-4-20(6)10-7-8(13)17-18(2)9(7)15-11(14)16-10/h6H,3-5H2,1-2H3,(H,21,22)(H2,14,15,16)/t6-/m0/s1. The topological polar surface area (TPSA) is 113 Å². The van der Waals surface area contributed by atoms with E-state index in [1.165, 1.54) is 4.90 Å². The zero-order chi connectivity index (χ0) is 16.0. The van der Waals surface area contributed by atoms with Crippen molar-refractivity contribution in [3.8, 4) is 0 Å². The highest BCUT2D eigenvalue weighted by Gasteiger charge is 2.30. The van der Waals surface area contributed by atoms with E-state index in [9.17, 15) is 4.79 Å². The fourth-order valence-electron chi connectivity index (χ4n) is 2.76. The van der Waals surface area contributed by atoms with Crippen molar-refractivity contribution in [1.82, 2.24) is 24.6 Å². The van der Waals surface area contributed by atoms with Gasteiger partial charge in [-0.3, -0.25) is 0 Å². The predicted octanol–water partition coefficient (Wildman–Crippen LogP) is 0.896. The van der Waals surface area contributed by atoms with Gasteiger partial charge in [-0.2, -0.15) is 15.1 Å². The first-order valence-electron chi connectivity index (χ1n) is 6.78. The summed E-state index contributed by atoms with van der Waals surface area (Å²) in [5, 5.41) is 14.2. The monoisotopic (exact) mass is 369 g/mol. The Bertz CT molecular complexity index is 747. The van der Waals surface area contributed by atoms with Crippen LogP contribution in [0.2, 0.25) is 0 Å². The number of anilines is 2. The normalized spacial score (nSPS) is 19.0. The maximum absolute atomic E-state index is 11.1. The van der Waals surface area contributed by atoms with Crippen molar-refractivity contribution in [3.63, 3.8) is 0 Å². The Hall–Kier alpha value is -2.10. The maximum atomic E-state index is 11.1. The molecule has 22 heavy (non-hydrogen) atoms. The van der Waals surface area contributed by atoms with Gasteiger partial charge in [0.1, 0.15) is 10.4 Å². The number of aryl methyl sites for hydroxylation is 1. The molecule has 3 heterocycles. The zero-order valence-electron chi connectivity index (χ0n) is 12.2. The number of fused-ring (bicyclic) bond motifs is 1. The molecule has 0 spiro atoms. The molecule has 10 heteroatoms. The van der Waals surface area contributed by atoms with Gasteiger partial charge >= 0.3 is 6.09 Å². The predicted molar refractivity (Wildman–Crippen MR) is 84.8 cm³/mol. The molecule has 2 aromatic rings. The summed E-state index contributed by atoms with van der Waals surface area (Å²) >= 11 is 3.43. The quantitative estimate of drug-likeness (QED) is 0.767. The number of nitrogens with zero attached hydrogens (tertiary/aromatic N) is 6. The molecule has 0 bridgehead atoms. The van der Waals surface area contributed by atoms with Gasteiger partial charge in [0.25, 0.3) is 0 Å². The molecule has 0 unspecified atom stereocenters. The molecule has 1 aliphatic rings. The lowest BCUT2D eigenvalue weighted by molar-refractivity contribution is 0.136. The average Bonchev–Trinajstić information content (AvgIpc) is 2.73. The molecule has 0 aromatic carbocycles. The van der Waals surface area contributed by atoms with Gasteiger partial charge in [-0.25, -0.2) is 9.48 Å². The number of hydrogen-bond acceptors (Lipinski definition) is 6. The van der Waals surface area contributed by atoms with Crippen molar-refractivity contribution in [2.75, 3.05) is 30.3 Å². The van der Waals surface area contributed by atoms with Gasteiger partial charge in [0.15, 0.2) is 5.65 Å². The van der Waals surface area contributed by atoms with E-state index >= 15 is 0 Å². The Morgan fingerprint density at radius 1 is 1.41 bits per heavy atom. The Balaban J connectivity index is 2.05. The van der Waals surface area contributed by atoms with Crippen molar-refractivity contribution in [2.45, 2.75) is 13.0 Å². The molecule has 1 atom stereocenters. The van der Waals surface area contributed by atoms with Crippen LogP contribution in [0.3, 0.4) is 0 Å². The number of hydrogen-bond donors (Lipinski definition) is 2. The van der Waals surface area contributed by atoms with Gasteiger partial charge in [0.05, 0.1) is 5.39 Å². The van der Waals surface area contributed by atoms with Gasteiger partial charge in [0, 0.05) is 32.7 Å². The fourth-order valence-corrected chi connectivity index (χ4v) is 3.35. The second kappa shape index (κ2) is 5.27. The van der Waals surface area contributed by atoms with E-state index in [1.807, 2.05) is 11.8 Å². The van der Waals surface area contributed by atoms with Crippen molar-refractivity contribution < 1.29 is 9.90 Å². The van der Waals surface area contributed by atoms with Gasteiger partial charge in [0.2, 0.25) is 5.95 Å². The first kappa shape index (κ1) is 14.8. The Labute approximate surface area is 134 Å². The SMILES string of the molecule is C[C@H]1CN(C(=O)O)CCN1c1nc(N)nc2c1c(Br)nn2C. The van der Waals surface area contributed by atoms with Gasteiger partial charge in [-0.15, -0.1) is 0 Å². The Morgan fingerprint density at radius 2 is 2.14 bits per heavy atom. The summed E-state index contributed by atoms with van der Waals surface area (Å²) in [6, 6.07) is -0.0190. The number of amides is 1. The van der Waals surface area contributed by atoms with Crippen LogP contribution in [0.15, 0.2) is 4.60 Å². The second-order valence-electron chi connectivity index (χ2n) is 5.29. The number of carboxylic acid groups (broad SMARTS) is 1. The molecule has 3 rings (SSSR count). The summed E-state index contributed by atoms with van der Waals surface area (Å²) in [5.41, 5.74) is 6.46. The van der Waals surface area contributed by atoms with Crippen molar-refractivity contribution in [3.05, 3.63) is 4.60 Å². The van der Waals surface area contributed by atoms with Crippen molar-refractivity contribution >= 4 is 44.8 Å². The van der Waals surface area contributed by atoms with Crippen LogP contribution in [0.25, 0.3) is 11.0 Å². The van der Waals surface area contributed by atoms with Crippen LogP contribution in [0.4, 0.5) is 16.6 Å². The molecule has 1 amide bonds. The summed E-state index contributed by atoms with van der Waals surface area (Å²) in [7, 11) is 1.79. The fraction of sp³-hybridized carbons (Fsp3) is 0.500. The third kappa shape index (κ3) is 2.32. The number of piperazine rings is 1. The molecule has 1 saturated heterocycles. The first-order chi connectivity index (χ1) is 10.4. The highest BCUT2D eigenvalue weighted by Crippen LogP contribution is 2.32. The van der Waals surface area contributed by atoms with Crippen LogP contribution >= 0.6 is 15.9 Å². The second-order valence-corrected chi connectivity index (χ2v) is 6.04. The zero-order valence-corrected chi connectivity index (χ0v) is 13.8. The van der Waals surface area contributed by atoms with E-state index in [1.54, 1.807) is 11.7 Å². The van der Waals surface area contributed by atoms with E-state index in [2.05, 4.69) is 31.0 Å². The lowest BCUT2D eigenvalue weighted by atomic mass is 10.2. The van der Waals surface area contributed by atoms with Crippen LogP contribution in [-0.2, 0) is 7.05 Å². The number of nitrogen functional groups attached to an aromatic ring is 1. The number of halogens is 1. The molecule has 118 valence electrons. The van der Waals surface area contributed by atoms with E-state index in [4.69, 9.17) is 10.8 Å². The highest BCUT2D eigenvalue weighted by molar-refractivity contribution is 9.10. The van der Waals surface area contributed by atoms with Crippen molar-refractivity contribution in [1.29, 1.82) is 0 Å². The summed E-state index contributed by atoms with van der Waals surface area (Å²) < 4.78 is 2.28. The van der Waals surface area contributed by atoms with Crippen LogP contribution in [0.5, 0.6) is 0 Å². The highest BCUT2D eigenvalue weighted by atomic mass is 79.9. The van der Waals surface area contributed by atoms with Crippen molar-refractivity contribution in [2.24, 2.45) is 7.05 Å². The van der Waals surface area contributed by atoms with Gasteiger partial charge < -0.3 is 20.6 Å². The molecule has 0 radical (unpaired) electrons. The number of aromatic nitrogens is 4. The van der Waals surface area contributed by atoms with E-state index in [0.717, 1.165) is 5.39 Å². The van der Waals surface area contributed by atoms with Crippen LogP contribution in [0, 0.1) is 0 Å². The number of rotatable bonds is 1. The van der Waals surface area contributed by atoms with E-state index in [0.29, 0.717) is 35.7 Å². The van der Waals surface area contributed by atoms with Gasteiger partial charge in [-0.05, 0) is 22.9 Å². The van der Waals surface area contributed by atoms with Crippen LogP contribution in [-0.4, -0.2) is 61.5 Å². The summed E-state index contributed by atoms with van der Waals surface area (Å²) in [6.07, 6.45) is -0.901. The Kier molecular flexibility index (Phi) is 3.55. The lowest BCUT2D eigenvalue weighted by Crippen LogP contribution is -2.53. The molecule has 1 aliphatic heterocycles. The summed E-state index contributed by atoms with van der Waals surface area (Å²) in [6.45, 7) is 3.34. The first-order valence-corrected chi connectivity index (χ1v) is 7.58. The number of carbonyl (C=O) groups is 1. The van der Waals surface area contributed by atoms with Crippen LogP contribution in [0.1, 0.15) is 6.92 Å². The minimum Gasteiger partial charge on any atom is -0.465 e. The van der Waals surface area contributed by atoms with E-state index in [-0.39, 0.29) is 12.0 Å². The van der Waals surface area contributed by atoms with E-state index < -0.39 is 6.09 Å². The third-order valence-electron chi connectivity index (χ3n) is 3.81. The average molecular weight is 370 g/mol. The summed E-state index contributed by atoms with van der Waals surface area (Å²) in [4.78, 5) is 23.1. The maximum Gasteiger partial charge on any atom is 0.407 e. The molecule has 3 N–H and O–H groups in total. The molecule has 0 saturated carbocycles. The lowest BCUT2D eigenvalue weighted by Gasteiger charge is -2.39. The molecule has 1 fully saturated rings. The smallest absolute Gasteiger partial charge is 0.407 e. The molecule has 0 aliphatic carbocycles. The minimum atomic E-state index is -0.901. The molecular weight excluding hydrogens is 354 g/mol. The van der Waals surface area contributed by atoms with Crippen LogP contribution < -0.4 is 10.6 Å². The number of nitrogens with two attached hydrogens (primary N) is 1. The summed E-state index contributed by atoms with van der Waals surface area (Å²) in [5.74, 6) is 0.853. The minimum absolute atomic E-state index is 0.0190. The largest absolute Gasteiger partial charge is 0.465 e. The molecule has 9 nitrogen and oxygen atoms in total. The molecular formula is C12H16BrN7O2. The third-order valence-corrected chi connectivity index (χ3v) is 4.36. The Morgan fingerprint density at radius 3 is 2.77 bits per heavy atom. The van der Waals surface area contributed by atoms with Gasteiger partial charge in [-0.1, -0.05) is 0 Å².